The van der Waals surface area contributed by atoms with Gasteiger partial charge in [-0.15, -0.1) is 0 Å². The largest absolute Gasteiger partial charge is 0.454 e. The molecule has 1 atom stereocenters. The van der Waals surface area contributed by atoms with Crippen molar-refractivity contribution in [2.75, 3.05) is 41.0 Å². The van der Waals surface area contributed by atoms with Crippen molar-refractivity contribution in [3.8, 4) is 11.5 Å². The van der Waals surface area contributed by atoms with Crippen molar-refractivity contribution in [2.24, 2.45) is 9.98 Å². The summed E-state index contributed by atoms with van der Waals surface area (Å²) in [6.45, 7) is 4.10. The molecular formula is C18H26N4O2. The van der Waals surface area contributed by atoms with Gasteiger partial charge < -0.3 is 19.3 Å². The summed E-state index contributed by atoms with van der Waals surface area (Å²) in [6.07, 6.45) is 1.73. The summed E-state index contributed by atoms with van der Waals surface area (Å²) in [6, 6.07) is 6.39. The van der Waals surface area contributed by atoms with E-state index in [0.29, 0.717) is 6.79 Å². The molecule has 130 valence electrons. The Kier molecular flexibility index (Phi) is 4.92. The first kappa shape index (κ1) is 16.6. The van der Waals surface area contributed by atoms with Crippen molar-refractivity contribution in [1.29, 1.82) is 0 Å². The number of benzene rings is 1. The maximum absolute atomic E-state index is 5.45. The number of hydrogen-bond acceptors (Lipinski definition) is 6. The number of amidine groups is 2. The lowest BCUT2D eigenvalue weighted by Crippen LogP contribution is -2.34. The molecule has 0 saturated heterocycles. The van der Waals surface area contributed by atoms with E-state index in [4.69, 9.17) is 14.5 Å². The SMILES string of the molecule is CC1CN=C(N(C)C)CC(N(C)CCc2ccc3c(c2)OCO3)=N1. The lowest BCUT2D eigenvalue weighted by Gasteiger charge is -2.23. The van der Waals surface area contributed by atoms with Gasteiger partial charge in [0.1, 0.15) is 11.7 Å². The molecule has 2 aliphatic heterocycles. The van der Waals surface area contributed by atoms with Crippen molar-refractivity contribution >= 4 is 11.7 Å². The van der Waals surface area contributed by atoms with Crippen LogP contribution in [0.3, 0.4) is 0 Å². The number of aliphatic imine (C=N–C) groups is 2. The molecule has 0 fully saturated rings. The van der Waals surface area contributed by atoms with Crippen LogP contribution in [0.1, 0.15) is 18.9 Å². The van der Waals surface area contributed by atoms with Crippen molar-refractivity contribution in [2.45, 2.75) is 25.8 Å². The van der Waals surface area contributed by atoms with Gasteiger partial charge in [-0.3, -0.25) is 9.98 Å². The van der Waals surface area contributed by atoms with Crippen molar-refractivity contribution in [1.82, 2.24) is 9.80 Å². The molecule has 2 aliphatic rings. The Balaban J connectivity index is 1.63. The zero-order valence-corrected chi connectivity index (χ0v) is 15.0. The molecule has 1 unspecified atom stereocenters. The minimum absolute atomic E-state index is 0.227. The third kappa shape index (κ3) is 3.80. The third-order valence-electron chi connectivity index (χ3n) is 4.35. The van der Waals surface area contributed by atoms with Crippen molar-refractivity contribution < 1.29 is 9.47 Å². The van der Waals surface area contributed by atoms with Crippen molar-refractivity contribution in [3.63, 3.8) is 0 Å². The summed E-state index contributed by atoms with van der Waals surface area (Å²) in [5.74, 6) is 3.87. The highest BCUT2D eigenvalue weighted by Crippen LogP contribution is 2.32. The highest BCUT2D eigenvalue weighted by molar-refractivity contribution is 6.02. The molecule has 0 amide bonds. The van der Waals surface area contributed by atoms with Crippen molar-refractivity contribution in [3.05, 3.63) is 23.8 Å². The lowest BCUT2D eigenvalue weighted by atomic mass is 10.1. The Morgan fingerprint density at radius 2 is 1.92 bits per heavy atom. The molecule has 6 heteroatoms. The maximum Gasteiger partial charge on any atom is 0.231 e. The van der Waals surface area contributed by atoms with Gasteiger partial charge in [-0.2, -0.15) is 0 Å². The van der Waals surface area contributed by atoms with Gasteiger partial charge in [-0.25, -0.2) is 0 Å². The van der Waals surface area contributed by atoms with Crippen LogP contribution in [0, 0.1) is 0 Å². The minimum atomic E-state index is 0.227. The second-order valence-corrected chi connectivity index (χ2v) is 6.58. The first-order valence-electron chi connectivity index (χ1n) is 8.40. The standard InChI is InChI=1S/C18H26N4O2/c1-13-11-19-17(21(2)3)10-18(20-13)22(4)8-7-14-5-6-15-16(9-14)24-12-23-15/h5-6,9,13H,7-8,10-12H2,1-4H3. The highest BCUT2D eigenvalue weighted by Gasteiger charge is 2.18. The highest BCUT2D eigenvalue weighted by atomic mass is 16.7. The number of ether oxygens (including phenoxy) is 2. The molecule has 0 aromatic heterocycles. The van der Waals surface area contributed by atoms with Gasteiger partial charge >= 0.3 is 0 Å². The summed E-state index contributed by atoms with van der Waals surface area (Å²) in [5.41, 5.74) is 1.25. The molecule has 1 aromatic carbocycles. The summed E-state index contributed by atoms with van der Waals surface area (Å²) in [5, 5.41) is 0. The van der Waals surface area contributed by atoms with Gasteiger partial charge in [0.25, 0.3) is 0 Å². The summed E-state index contributed by atoms with van der Waals surface area (Å²) in [7, 11) is 6.19. The van der Waals surface area contributed by atoms with Crippen LogP contribution in [0.25, 0.3) is 0 Å². The predicted molar refractivity (Wildman–Crippen MR) is 96.4 cm³/mol. The number of rotatable bonds is 3. The molecular weight excluding hydrogens is 304 g/mol. The number of fused-ring (bicyclic) bond motifs is 1. The average Bonchev–Trinajstić information content (AvgIpc) is 2.93. The maximum atomic E-state index is 5.45. The molecule has 0 spiro atoms. The molecule has 3 rings (SSSR count). The normalized spacial score (nSPS) is 19.4. The fraction of sp³-hybridized carbons (Fsp3) is 0.556. The first-order chi connectivity index (χ1) is 11.5. The van der Waals surface area contributed by atoms with E-state index in [1.165, 1.54) is 5.56 Å². The zero-order chi connectivity index (χ0) is 17.1. The monoisotopic (exact) mass is 330 g/mol. The molecule has 6 nitrogen and oxygen atoms in total. The van der Waals surface area contributed by atoms with Gasteiger partial charge in [0, 0.05) is 27.7 Å². The lowest BCUT2D eigenvalue weighted by molar-refractivity contribution is 0.174. The quantitative estimate of drug-likeness (QED) is 0.851. The van der Waals surface area contributed by atoms with E-state index in [1.807, 2.05) is 20.2 Å². The molecule has 0 radical (unpaired) electrons. The van der Waals surface area contributed by atoms with Crippen LogP contribution in [0.4, 0.5) is 0 Å². The molecule has 0 bridgehead atoms. The van der Waals surface area contributed by atoms with Crippen LogP contribution in [-0.4, -0.2) is 68.5 Å². The fourth-order valence-corrected chi connectivity index (χ4v) is 2.83. The predicted octanol–water partition coefficient (Wildman–Crippen LogP) is 2.04. The van der Waals surface area contributed by atoms with Gasteiger partial charge in [0.15, 0.2) is 11.5 Å². The van der Waals surface area contributed by atoms with Gasteiger partial charge in [0.05, 0.1) is 19.0 Å². The van der Waals surface area contributed by atoms with Crippen LogP contribution < -0.4 is 9.47 Å². The van der Waals surface area contributed by atoms with Crippen LogP contribution in [0.2, 0.25) is 0 Å². The van der Waals surface area contributed by atoms with E-state index < -0.39 is 0 Å². The summed E-state index contributed by atoms with van der Waals surface area (Å²) >= 11 is 0. The van der Waals surface area contributed by atoms with E-state index in [0.717, 1.165) is 49.1 Å². The Bertz CT molecular complexity index is 654. The van der Waals surface area contributed by atoms with Gasteiger partial charge in [-0.05, 0) is 31.0 Å². The first-order valence-corrected chi connectivity index (χ1v) is 8.40. The van der Waals surface area contributed by atoms with E-state index in [9.17, 15) is 0 Å². The topological polar surface area (TPSA) is 49.7 Å². The van der Waals surface area contributed by atoms with E-state index >= 15 is 0 Å². The van der Waals surface area contributed by atoms with E-state index in [1.54, 1.807) is 0 Å². The number of nitrogens with zero attached hydrogens (tertiary/aromatic N) is 4. The molecule has 0 N–H and O–H groups in total. The second kappa shape index (κ2) is 7.11. The summed E-state index contributed by atoms with van der Waals surface area (Å²) in [4.78, 5) is 13.8. The van der Waals surface area contributed by atoms with Crippen LogP contribution in [0.15, 0.2) is 28.2 Å². The Labute approximate surface area is 143 Å². The smallest absolute Gasteiger partial charge is 0.231 e. The van der Waals surface area contributed by atoms with Crippen LogP contribution >= 0.6 is 0 Å². The Morgan fingerprint density at radius 3 is 2.71 bits per heavy atom. The second-order valence-electron chi connectivity index (χ2n) is 6.58. The zero-order valence-electron chi connectivity index (χ0n) is 15.0. The van der Waals surface area contributed by atoms with E-state index in [2.05, 4.69) is 40.9 Å². The number of hydrogen-bond donors (Lipinski definition) is 0. The molecule has 1 aromatic rings. The molecule has 0 aliphatic carbocycles. The molecule has 24 heavy (non-hydrogen) atoms. The van der Waals surface area contributed by atoms with Gasteiger partial charge in [0.2, 0.25) is 6.79 Å². The van der Waals surface area contributed by atoms with Crippen LogP contribution in [-0.2, 0) is 6.42 Å². The fourth-order valence-electron chi connectivity index (χ4n) is 2.83. The minimum Gasteiger partial charge on any atom is -0.454 e. The average molecular weight is 330 g/mol. The summed E-state index contributed by atoms with van der Waals surface area (Å²) < 4.78 is 10.8. The Hall–Kier alpha value is -2.24. The number of likely N-dealkylation sites (N-methyl/N-ethyl adjacent to an activating group) is 1. The molecule has 0 saturated carbocycles. The van der Waals surface area contributed by atoms with E-state index in [-0.39, 0.29) is 6.04 Å². The molecule has 2 heterocycles. The third-order valence-corrected chi connectivity index (χ3v) is 4.35. The van der Waals surface area contributed by atoms with Crippen LogP contribution in [0.5, 0.6) is 11.5 Å². The van der Waals surface area contributed by atoms with Gasteiger partial charge in [-0.1, -0.05) is 6.07 Å². The Morgan fingerprint density at radius 1 is 1.12 bits per heavy atom.